The fourth-order valence-electron chi connectivity index (χ4n) is 1.34. The van der Waals surface area contributed by atoms with E-state index in [2.05, 4.69) is 39.3 Å². The molecule has 14 heavy (non-hydrogen) atoms. The summed E-state index contributed by atoms with van der Waals surface area (Å²) in [6, 6.07) is 5.72. The summed E-state index contributed by atoms with van der Waals surface area (Å²) in [5, 5.41) is 2.34. The van der Waals surface area contributed by atoms with Gasteiger partial charge in [-0.3, -0.25) is 0 Å². The molecule has 0 bridgehead atoms. The third-order valence-electron chi connectivity index (χ3n) is 2.02. The molecule has 0 aliphatic rings. The number of aliphatic imine (C=N–C) groups is 1. The van der Waals surface area contributed by atoms with Gasteiger partial charge in [0.25, 0.3) is 0 Å². The quantitative estimate of drug-likeness (QED) is 0.602. The molecule has 1 N–H and O–H groups in total. The van der Waals surface area contributed by atoms with Gasteiger partial charge in [-0.05, 0) is 30.4 Å². The number of thiocarbonyl (C=S) groups is 1. The summed E-state index contributed by atoms with van der Waals surface area (Å²) in [5.41, 5.74) is 2.76. The number of benzene rings is 1. The lowest BCUT2D eigenvalue weighted by molar-refractivity contribution is 1.00. The summed E-state index contributed by atoms with van der Waals surface area (Å²) in [4.78, 5) is 11.5. The molecule has 0 saturated heterocycles. The van der Waals surface area contributed by atoms with Crippen molar-refractivity contribution in [3.63, 3.8) is 0 Å². The second-order valence-corrected chi connectivity index (χ2v) is 3.12. The first-order valence-corrected chi connectivity index (χ1v) is 4.81. The molecular weight excluding hydrogens is 194 g/mol. The highest BCUT2D eigenvalue weighted by atomic mass is 32.1. The summed E-state index contributed by atoms with van der Waals surface area (Å²) in [5.74, 6) is 0.989. The van der Waals surface area contributed by atoms with E-state index in [9.17, 15) is 0 Å². The molecular formula is C10H9N3S. The number of nitrogens with zero attached hydrogens (tertiary/aromatic N) is 2. The van der Waals surface area contributed by atoms with Crippen molar-refractivity contribution >= 4 is 34.1 Å². The second kappa shape index (κ2) is 3.70. The maximum Gasteiger partial charge on any atom is 0.106 e. The molecule has 3 nitrogen and oxygen atoms in total. The largest absolute Gasteiger partial charge is 0.342 e. The Morgan fingerprint density at radius 1 is 1.57 bits per heavy atom. The maximum atomic E-state index is 4.54. The van der Waals surface area contributed by atoms with Crippen LogP contribution < -0.4 is 0 Å². The van der Waals surface area contributed by atoms with E-state index in [0.29, 0.717) is 0 Å². The van der Waals surface area contributed by atoms with Crippen molar-refractivity contribution in [3.05, 3.63) is 24.0 Å². The van der Waals surface area contributed by atoms with Crippen LogP contribution in [0.1, 0.15) is 12.7 Å². The molecule has 4 heteroatoms. The molecule has 0 atom stereocenters. The van der Waals surface area contributed by atoms with E-state index in [0.717, 1.165) is 29.0 Å². The van der Waals surface area contributed by atoms with E-state index in [1.54, 1.807) is 0 Å². The molecule has 1 aromatic carbocycles. The normalized spacial score (nSPS) is 10.1. The van der Waals surface area contributed by atoms with Crippen LogP contribution >= 0.6 is 12.2 Å². The highest BCUT2D eigenvalue weighted by molar-refractivity contribution is 7.78. The molecule has 1 aromatic heterocycles. The van der Waals surface area contributed by atoms with Crippen molar-refractivity contribution in [1.82, 2.24) is 9.97 Å². The van der Waals surface area contributed by atoms with Crippen LogP contribution in [0, 0.1) is 0 Å². The second-order valence-electron chi connectivity index (χ2n) is 2.94. The number of rotatable bonds is 2. The molecule has 2 rings (SSSR count). The van der Waals surface area contributed by atoms with Crippen LogP contribution in [0.15, 0.2) is 23.2 Å². The van der Waals surface area contributed by atoms with Gasteiger partial charge in [0.1, 0.15) is 5.82 Å². The van der Waals surface area contributed by atoms with E-state index in [1.165, 1.54) is 0 Å². The Balaban J connectivity index is 2.59. The van der Waals surface area contributed by atoms with Crippen molar-refractivity contribution in [1.29, 1.82) is 0 Å². The minimum absolute atomic E-state index is 0.804. The number of isothiocyanates is 1. The molecule has 0 amide bonds. The van der Waals surface area contributed by atoms with Gasteiger partial charge in [0.15, 0.2) is 0 Å². The van der Waals surface area contributed by atoms with Crippen LogP contribution in [-0.4, -0.2) is 15.1 Å². The topological polar surface area (TPSA) is 41.0 Å². The maximum absolute atomic E-state index is 4.54. The van der Waals surface area contributed by atoms with Gasteiger partial charge in [-0.1, -0.05) is 6.92 Å². The SMILES string of the molecule is CCc1nc2ccc(N=C=S)cc2[nH]1. The third-order valence-corrected chi connectivity index (χ3v) is 2.12. The van der Waals surface area contributed by atoms with Crippen LogP contribution in [0.3, 0.4) is 0 Å². The average Bonchev–Trinajstić information content (AvgIpc) is 2.60. The first-order chi connectivity index (χ1) is 6.83. The first kappa shape index (κ1) is 9.06. The number of hydrogen-bond acceptors (Lipinski definition) is 3. The summed E-state index contributed by atoms with van der Waals surface area (Å²) < 4.78 is 0. The highest BCUT2D eigenvalue weighted by Crippen LogP contribution is 2.19. The zero-order valence-electron chi connectivity index (χ0n) is 7.74. The lowest BCUT2D eigenvalue weighted by atomic mass is 10.3. The Bertz CT molecular complexity index is 509. The van der Waals surface area contributed by atoms with Gasteiger partial charge < -0.3 is 4.98 Å². The van der Waals surface area contributed by atoms with E-state index in [1.807, 2.05) is 18.2 Å². The number of nitrogens with one attached hydrogen (secondary N) is 1. The standard InChI is InChI=1S/C10H9N3S/c1-2-10-12-8-4-3-7(11-6-14)5-9(8)13-10/h3-5H,2H2,1H3,(H,12,13). The molecule has 0 aliphatic carbocycles. The summed E-state index contributed by atoms with van der Waals surface area (Å²) in [6.07, 6.45) is 0.903. The molecule has 70 valence electrons. The number of fused-ring (bicyclic) bond motifs is 1. The predicted molar refractivity (Wildman–Crippen MR) is 60.2 cm³/mol. The van der Waals surface area contributed by atoms with E-state index in [4.69, 9.17) is 0 Å². The minimum Gasteiger partial charge on any atom is -0.342 e. The van der Waals surface area contributed by atoms with E-state index < -0.39 is 0 Å². The van der Waals surface area contributed by atoms with Gasteiger partial charge in [0.05, 0.1) is 21.9 Å². The molecule has 0 spiro atoms. The zero-order chi connectivity index (χ0) is 9.97. The number of aryl methyl sites for hydroxylation is 1. The molecule has 0 unspecified atom stereocenters. The number of aromatic nitrogens is 2. The molecule has 1 heterocycles. The number of H-pyrrole nitrogens is 1. The molecule has 0 fully saturated rings. The molecule has 0 saturated carbocycles. The van der Waals surface area contributed by atoms with Gasteiger partial charge in [0, 0.05) is 6.42 Å². The van der Waals surface area contributed by atoms with Crippen molar-refractivity contribution in [3.8, 4) is 0 Å². The minimum atomic E-state index is 0.804. The fraction of sp³-hybridized carbons (Fsp3) is 0.200. The van der Waals surface area contributed by atoms with Gasteiger partial charge >= 0.3 is 0 Å². The smallest absolute Gasteiger partial charge is 0.106 e. The zero-order valence-corrected chi connectivity index (χ0v) is 8.56. The van der Waals surface area contributed by atoms with Crippen LogP contribution in [-0.2, 0) is 6.42 Å². The number of hydrogen-bond donors (Lipinski definition) is 1. The fourth-order valence-corrected chi connectivity index (χ4v) is 1.45. The molecule has 2 aromatic rings. The van der Waals surface area contributed by atoms with E-state index in [-0.39, 0.29) is 0 Å². The summed E-state index contributed by atoms with van der Waals surface area (Å²) in [6.45, 7) is 2.06. The lowest BCUT2D eigenvalue weighted by Crippen LogP contribution is -1.79. The predicted octanol–water partition coefficient (Wildman–Crippen LogP) is 2.86. The summed E-state index contributed by atoms with van der Waals surface area (Å²) >= 11 is 4.54. The van der Waals surface area contributed by atoms with Gasteiger partial charge in [-0.2, -0.15) is 4.99 Å². The highest BCUT2D eigenvalue weighted by Gasteiger charge is 2.00. The monoisotopic (exact) mass is 203 g/mol. The van der Waals surface area contributed by atoms with Crippen molar-refractivity contribution in [2.75, 3.05) is 0 Å². The Morgan fingerprint density at radius 2 is 2.43 bits per heavy atom. The molecule has 0 aliphatic heterocycles. The van der Waals surface area contributed by atoms with Crippen LogP contribution in [0.4, 0.5) is 5.69 Å². The summed E-state index contributed by atoms with van der Waals surface area (Å²) in [7, 11) is 0. The van der Waals surface area contributed by atoms with Gasteiger partial charge in [0.2, 0.25) is 0 Å². The van der Waals surface area contributed by atoms with Crippen molar-refractivity contribution in [2.45, 2.75) is 13.3 Å². The lowest BCUT2D eigenvalue weighted by Gasteiger charge is -1.89. The van der Waals surface area contributed by atoms with Crippen LogP contribution in [0.5, 0.6) is 0 Å². The molecule has 0 radical (unpaired) electrons. The average molecular weight is 203 g/mol. The Kier molecular flexibility index (Phi) is 2.39. The Morgan fingerprint density at radius 3 is 3.14 bits per heavy atom. The van der Waals surface area contributed by atoms with Gasteiger partial charge in [-0.25, -0.2) is 4.98 Å². The van der Waals surface area contributed by atoms with Crippen LogP contribution in [0.2, 0.25) is 0 Å². The van der Waals surface area contributed by atoms with Crippen molar-refractivity contribution in [2.24, 2.45) is 4.99 Å². The number of imidazole rings is 1. The first-order valence-electron chi connectivity index (χ1n) is 4.40. The number of aromatic amines is 1. The van der Waals surface area contributed by atoms with Crippen molar-refractivity contribution < 1.29 is 0 Å². The third kappa shape index (κ3) is 1.58. The Hall–Kier alpha value is -1.51. The van der Waals surface area contributed by atoms with E-state index >= 15 is 0 Å². The van der Waals surface area contributed by atoms with Gasteiger partial charge in [-0.15, -0.1) is 0 Å². The Labute approximate surface area is 86.9 Å². The van der Waals surface area contributed by atoms with Crippen LogP contribution in [0.25, 0.3) is 11.0 Å².